The van der Waals surface area contributed by atoms with Gasteiger partial charge in [-0.1, -0.05) is 18.2 Å². The Morgan fingerprint density at radius 2 is 1.45 bits per heavy atom. The molecular weight excluding hydrogens is 460 g/mol. The predicted octanol–water partition coefficient (Wildman–Crippen LogP) is 3.47. The van der Waals surface area contributed by atoms with E-state index >= 15 is 0 Å². The largest absolute Gasteiger partial charge is 0.369 e. The molecule has 0 unspecified atom stereocenters. The zero-order chi connectivity index (χ0) is 23.4. The van der Waals surface area contributed by atoms with Crippen molar-refractivity contribution in [3.8, 4) is 0 Å². The number of para-hydroxylation sites is 1. The fourth-order valence-electron chi connectivity index (χ4n) is 3.66. The summed E-state index contributed by atoms with van der Waals surface area (Å²) < 4.78 is 28.1. The van der Waals surface area contributed by atoms with E-state index in [9.17, 15) is 18.0 Å². The van der Waals surface area contributed by atoms with E-state index in [-0.39, 0.29) is 15.7 Å². The summed E-state index contributed by atoms with van der Waals surface area (Å²) in [6.07, 6.45) is 0. The number of nitrogens with one attached hydrogen (secondary N) is 2. The second kappa shape index (κ2) is 9.74. The summed E-state index contributed by atoms with van der Waals surface area (Å²) in [5, 5.41) is 7.00. The SMILES string of the molecule is CC(=O)Nc1ccc(NC(=O)c2sccc2S(=O)(=O)N2CCN(c3ccccc3)CC2)cc1. The van der Waals surface area contributed by atoms with Crippen molar-refractivity contribution >= 4 is 50.2 Å². The molecule has 8 nitrogen and oxygen atoms in total. The van der Waals surface area contributed by atoms with Crippen molar-refractivity contribution in [2.45, 2.75) is 11.8 Å². The third-order valence-corrected chi connectivity index (χ3v) is 8.26. The first-order valence-corrected chi connectivity index (χ1v) is 12.7. The molecule has 0 saturated carbocycles. The van der Waals surface area contributed by atoms with Gasteiger partial charge < -0.3 is 15.5 Å². The highest BCUT2D eigenvalue weighted by molar-refractivity contribution is 7.89. The smallest absolute Gasteiger partial charge is 0.267 e. The van der Waals surface area contributed by atoms with E-state index in [0.29, 0.717) is 37.6 Å². The Morgan fingerprint density at radius 3 is 2.06 bits per heavy atom. The first-order chi connectivity index (χ1) is 15.8. The van der Waals surface area contributed by atoms with Crippen LogP contribution in [0.25, 0.3) is 0 Å². The van der Waals surface area contributed by atoms with Crippen molar-refractivity contribution in [2.75, 3.05) is 41.7 Å². The summed E-state index contributed by atoms with van der Waals surface area (Å²) in [4.78, 5) is 26.3. The molecule has 2 heterocycles. The van der Waals surface area contributed by atoms with E-state index in [1.807, 2.05) is 30.3 Å². The molecule has 1 aliphatic heterocycles. The van der Waals surface area contributed by atoms with Gasteiger partial charge in [0.15, 0.2) is 0 Å². The van der Waals surface area contributed by atoms with E-state index in [4.69, 9.17) is 0 Å². The van der Waals surface area contributed by atoms with Crippen LogP contribution in [0.4, 0.5) is 17.1 Å². The highest BCUT2D eigenvalue weighted by atomic mass is 32.2. The molecule has 33 heavy (non-hydrogen) atoms. The van der Waals surface area contributed by atoms with Crippen molar-refractivity contribution < 1.29 is 18.0 Å². The van der Waals surface area contributed by atoms with E-state index in [1.54, 1.807) is 29.6 Å². The number of anilines is 3. The van der Waals surface area contributed by atoms with Crippen LogP contribution in [0.15, 0.2) is 70.9 Å². The third kappa shape index (κ3) is 5.24. The van der Waals surface area contributed by atoms with Gasteiger partial charge in [-0.15, -0.1) is 11.3 Å². The van der Waals surface area contributed by atoms with Gasteiger partial charge in [0.2, 0.25) is 15.9 Å². The number of hydrogen-bond donors (Lipinski definition) is 2. The fourth-order valence-corrected chi connectivity index (χ4v) is 6.38. The highest BCUT2D eigenvalue weighted by Crippen LogP contribution is 2.28. The van der Waals surface area contributed by atoms with Gasteiger partial charge in [0.25, 0.3) is 5.91 Å². The number of nitrogens with zero attached hydrogens (tertiary/aromatic N) is 2. The Labute approximate surface area is 196 Å². The summed E-state index contributed by atoms with van der Waals surface area (Å²) >= 11 is 1.09. The molecule has 1 aliphatic rings. The zero-order valence-corrected chi connectivity index (χ0v) is 19.7. The first kappa shape index (κ1) is 23.0. The van der Waals surface area contributed by atoms with E-state index in [1.165, 1.54) is 17.3 Å². The quantitative estimate of drug-likeness (QED) is 0.558. The van der Waals surface area contributed by atoms with Crippen LogP contribution < -0.4 is 15.5 Å². The molecule has 2 aromatic carbocycles. The number of hydrogen-bond acceptors (Lipinski definition) is 6. The summed E-state index contributed by atoms with van der Waals surface area (Å²) in [5.41, 5.74) is 2.17. The molecule has 2 N–H and O–H groups in total. The highest BCUT2D eigenvalue weighted by Gasteiger charge is 2.32. The Balaban J connectivity index is 1.45. The first-order valence-electron chi connectivity index (χ1n) is 10.4. The molecule has 0 spiro atoms. The van der Waals surface area contributed by atoms with E-state index in [2.05, 4.69) is 15.5 Å². The van der Waals surface area contributed by atoms with Crippen molar-refractivity contribution in [3.05, 3.63) is 70.9 Å². The van der Waals surface area contributed by atoms with Crippen LogP contribution in [0.3, 0.4) is 0 Å². The number of benzene rings is 2. The lowest BCUT2D eigenvalue weighted by molar-refractivity contribution is -0.114. The molecule has 4 rings (SSSR count). The molecule has 172 valence electrons. The lowest BCUT2D eigenvalue weighted by atomic mass is 10.2. The number of carbonyl (C=O) groups is 2. The average molecular weight is 485 g/mol. The summed E-state index contributed by atoms with van der Waals surface area (Å²) in [6, 6.07) is 18.0. The van der Waals surface area contributed by atoms with Crippen LogP contribution in [0.1, 0.15) is 16.6 Å². The maximum Gasteiger partial charge on any atom is 0.267 e. The molecule has 0 atom stereocenters. The standard InChI is InChI=1S/C23H24N4O4S2/c1-17(28)24-18-7-9-19(10-8-18)25-23(29)22-21(11-16-32-22)33(30,31)27-14-12-26(13-15-27)20-5-3-2-4-6-20/h2-11,16H,12-15H2,1H3,(H,24,28)(H,25,29). The lowest BCUT2D eigenvalue weighted by Gasteiger charge is -2.35. The molecule has 1 aromatic heterocycles. The van der Waals surface area contributed by atoms with Gasteiger partial charge in [-0.3, -0.25) is 9.59 Å². The lowest BCUT2D eigenvalue weighted by Crippen LogP contribution is -2.48. The van der Waals surface area contributed by atoms with Gasteiger partial charge in [-0.05, 0) is 47.8 Å². The fraction of sp³-hybridized carbons (Fsp3) is 0.217. The number of piperazine rings is 1. The van der Waals surface area contributed by atoms with Gasteiger partial charge in [0.05, 0.1) is 0 Å². The number of amides is 2. The number of sulfonamides is 1. The van der Waals surface area contributed by atoms with Gasteiger partial charge in [-0.25, -0.2) is 8.42 Å². The monoisotopic (exact) mass is 484 g/mol. The number of thiophene rings is 1. The molecule has 1 saturated heterocycles. The minimum atomic E-state index is -3.80. The molecule has 10 heteroatoms. The molecule has 0 radical (unpaired) electrons. The summed E-state index contributed by atoms with van der Waals surface area (Å²) in [6.45, 7) is 3.26. The van der Waals surface area contributed by atoms with Crippen LogP contribution in [0.5, 0.6) is 0 Å². The van der Waals surface area contributed by atoms with Gasteiger partial charge in [0, 0.05) is 50.2 Å². The van der Waals surface area contributed by atoms with Crippen LogP contribution >= 0.6 is 11.3 Å². The van der Waals surface area contributed by atoms with Gasteiger partial charge in [-0.2, -0.15) is 4.31 Å². The minimum absolute atomic E-state index is 0.0213. The van der Waals surface area contributed by atoms with Crippen molar-refractivity contribution in [2.24, 2.45) is 0 Å². The molecule has 0 bridgehead atoms. The maximum atomic E-state index is 13.3. The Kier molecular flexibility index (Phi) is 6.77. The predicted molar refractivity (Wildman–Crippen MR) is 130 cm³/mol. The normalized spacial score (nSPS) is 14.6. The summed E-state index contributed by atoms with van der Waals surface area (Å²) in [5.74, 6) is -0.677. The second-order valence-electron chi connectivity index (χ2n) is 7.55. The van der Waals surface area contributed by atoms with E-state index in [0.717, 1.165) is 17.0 Å². The number of rotatable bonds is 6. The average Bonchev–Trinajstić information content (AvgIpc) is 3.32. The van der Waals surface area contributed by atoms with Crippen LogP contribution in [-0.2, 0) is 14.8 Å². The molecule has 2 amide bonds. The van der Waals surface area contributed by atoms with Crippen molar-refractivity contribution in [1.29, 1.82) is 0 Å². The third-order valence-electron chi connectivity index (χ3n) is 5.28. The maximum absolute atomic E-state index is 13.3. The second-order valence-corrected chi connectivity index (χ2v) is 10.4. The molecule has 1 fully saturated rings. The van der Waals surface area contributed by atoms with Crippen LogP contribution in [0.2, 0.25) is 0 Å². The van der Waals surface area contributed by atoms with Gasteiger partial charge in [0.1, 0.15) is 9.77 Å². The topological polar surface area (TPSA) is 98.8 Å². The van der Waals surface area contributed by atoms with Gasteiger partial charge >= 0.3 is 0 Å². The Morgan fingerprint density at radius 1 is 0.848 bits per heavy atom. The Hall–Kier alpha value is -3.21. The number of carbonyl (C=O) groups excluding carboxylic acids is 2. The zero-order valence-electron chi connectivity index (χ0n) is 18.0. The van der Waals surface area contributed by atoms with Crippen molar-refractivity contribution in [3.63, 3.8) is 0 Å². The molecule has 3 aromatic rings. The summed E-state index contributed by atoms with van der Waals surface area (Å²) in [7, 11) is -3.80. The van der Waals surface area contributed by atoms with Crippen LogP contribution in [-0.4, -0.2) is 50.7 Å². The minimum Gasteiger partial charge on any atom is -0.369 e. The molecule has 0 aliphatic carbocycles. The van der Waals surface area contributed by atoms with Crippen LogP contribution in [0, 0.1) is 0 Å². The van der Waals surface area contributed by atoms with Crippen molar-refractivity contribution in [1.82, 2.24) is 4.31 Å². The van der Waals surface area contributed by atoms with E-state index < -0.39 is 15.9 Å². The molecular formula is C23H24N4O4S2. The Bertz CT molecular complexity index is 1230.